The minimum atomic E-state index is -0.604. The number of nitrogens with zero attached hydrogens (tertiary/aromatic N) is 1. The largest absolute Gasteiger partial charge is 0.452 e. The standard InChI is InChI=1S/C25H22N2O3/c1-18-8-2-3-9-19(18)14-15-27-24(28)17-30-25(29)23-13-7-6-12-22(23)21-11-5-4-10-20(21)16-26/h2-13H,14-15,17H2,1H3,(H,27,28). The predicted molar refractivity (Wildman–Crippen MR) is 115 cm³/mol. The van der Waals surface area contributed by atoms with E-state index in [4.69, 9.17) is 4.74 Å². The number of rotatable bonds is 7. The molecule has 0 radical (unpaired) electrons. The molecule has 150 valence electrons. The molecule has 5 heteroatoms. The van der Waals surface area contributed by atoms with Crippen LogP contribution in [-0.2, 0) is 16.0 Å². The van der Waals surface area contributed by atoms with Crippen molar-refractivity contribution >= 4 is 11.9 Å². The molecule has 0 spiro atoms. The van der Waals surface area contributed by atoms with Crippen LogP contribution in [0, 0.1) is 18.3 Å². The Balaban J connectivity index is 1.60. The highest BCUT2D eigenvalue weighted by Crippen LogP contribution is 2.27. The number of aryl methyl sites for hydroxylation is 1. The molecule has 1 amide bonds. The predicted octanol–water partition coefficient (Wildman–Crippen LogP) is 4.05. The lowest BCUT2D eigenvalue weighted by Gasteiger charge is -2.11. The second-order valence-corrected chi connectivity index (χ2v) is 6.81. The zero-order chi connectivity index (χ0) is 21.3. The number of ether oxygens (including phenoxy) is 1. The lowest BCUT2D eigenvalue weighted by Crippen LogP contribution is -2.30. The van der Waals surface area contributed by atoms with Crippen molar-refractivity contribution in [3.8, 4) is 17.2 Å². The van der Waals surface area contributed by atoms with E-state index >= 15 is 0 Å². The minimum Gasteiger partial charge on any atom is -0.452 e. The van der Waals surface area contributed by atoms with E-state index in [9.17, 15) is 14.9 Å². The molecule has 0 aliphatic rings. The number of benzene rings is 3. The van der Waals surface area contributed by atoms with Gasteiger partial charge in [-0.15, -0.1) is 0 Å². The fraction of sp³-hybridized carbons (Fsp3) is 0.160. The van der Waals surface area contributed by atoms with Crippen molar-refractivity contribution < 1.29 is 14.3 Å². The van der Waals surface area contributed by atoms with Crippen LogP contribution in [-0.4, -0.2) is 25.0 Å². The molecule has 0 aliphatic carbocycles. The smallest absolute Gasteiger partial charge is 0.339 e. The molecule has 3 aromatic carbocycles. The molecule has 0 atom stereocenters. The van der Waals surface area contributed by atoms with E-state index in [0.717, 1.165) is 0 Å². The van der Waals surface area contributed by atoms with Crippen LogP contribution in [0.3, 0.4) is 0 Å². The second-order valence-electron chi connectivity index (χ2n) is 6.81. The van der Waals surface area contributed by atoms with Crippen LogP contribution < -0.4 is 5.32 Å². The third kappa shape index (κ3) is 5.12. The zero-order valence-electron chi connectivity index (χ0n) is 16.7. The Bertz CT molecular complexity index is 1100. The molecule has 5 nitrogen and oxygen atoms in total. The van der Waals surface area contributed by atoms with Gasteiger partial charge in [0.1, 0.15) is 0 Å². The Morgan fingerprint density at radius 3 is 2.37 bits per heavy atom. The Kier molecular flexibility index (Phi) is 6.96. The third-order valence-electron chi connectivity index (χ3n) is 4.80. The maximum absolute atomic E-state index is 12.6. The summed E-state index contributed by atoms with van der Waals surface area (Å²) in [7, 11) is 0. The van der Waals surface area contributed by atoms with E-state index in [1.807, 2.05) is 31.2 Å². The number of nitrogens with one attached hydrogen (secondary N) is 1. The van der Waals surface area contributed by atoms with Crippen molar-refractivity contribution in [2.24, 2.45) is 0 Å². The van der Waals surface area contributed by atoms with Crippen molar-refractivity contribution in [1.82, 2.24) is 5.32 Å². The summed E-state index contributed by atoms with van der Waals surface area (Å²) < 4.78 is 5.22. The zero-order valence-corrected chi connectivity index (χ0v) is 16.7. The van der Waals surface area contributed by atoms with Crippen molar-refractivity contribution in [2.45, 2.75) is 13.3 Å². The maximum Gasteiger partial charge on any atom is 0.339 e. The van der Waals surface area contributed by atoms with E-state index in [-0.39, 0.29) is 12.5 Å². The molecule has 3 rings (SSSR count). The van der Waals surface area contributed by atoms with E-state index < -0.39 is 5.97 Å². The van der Waals surface area contributed by atoms with Gasteiger partial charge in [-0.3, -0.25) is 4.79 Å². The molecule has 0 aromatic heterocycles. The number of nitriles is 1. The van der Waals surface area contributed by atoms with E-state index in [2.05, 4.69) is 11.4 Å². The van der Waals surface area contributed by atoms with Crippen molar-refractivity contribution in [3.63, 3.8) is 0 Å². The van der Waals surface area contributed by atoms with Gasteiger partial charge in [-0.1, -0.05) is 60.7 Å². The highest BCUT2D eigenvalue weighted by Gasteiger charge is 2.17. The van der Waals surface area contributed by atoms with Crippen LogP contribution in [0.1, 0.15) is 27.0 Å². The summed E-state index contributed by atoms with van der Waals surface area (Å²) in [5.74, 6) is -0.959. The van der Waals surface area contributed by atoms with Crippen LogP contribution in [0.25, 0.3) is 11.1 Å². The minimum absolute atomic E-state index is 0.313. The van der Waals surface area contributed by atoms with Crippen LogP contribution in [0.4, 0.5) is 0 Å². The first-order chi connectivity index (χ1) is 14.6. The van der Waals surface area contributed by atoms with Crippen molar-refractivity contribution in [2.75, 3.05) is 13.2 Å². The first-order valence-corrected chi connectivity index (χ1v) is 9.67. The average molecular weight is 398 g/mol. The van der Waals surface area contributed by atoms with E-state index in [1.54, 1.807) is 48.5 Å². The van der Waals surface area contributed by atoms with Crippen LogP contribution >= 0.6 is 0 Å². The summed E-state index contributed by atoms with van der Waals surface area (Å²) in [5.41, 5.74) is 4.36. The summed E-state index contributed by atoms with van der Waals surface area (Å²) in [6.45, 7) is 2.13. The van der Waals surface area contributed by atoms with Gasteiger partial charge in [0.2, 0.25) is 0 Å². The fourth-order valence-electron chi connectivity index (χ4n) is 3.20. The fourth-order valence-corrected chi connectivity index (χ4v) is 3.20. The second kappa shape index (κ2) is 10.0. The molecule has 0 saturated heterocycles. The lowest BCUT2D eigenvalue weighted by molar-refractivity contribution is -0.124. The Morgan fingerprint density at radius 1 is 0.933 bits per heavy atom. The molecule has 0 unspecified atom stereocenters. The summed E-state index contributed by atoms with van der Waals surface area (Å²) >= 11 is 0. The first kappa shape index (κ1) is 20.8. The number of carbonyl (C=O) groups is 2. The lowest BCUT2D eigenvalue weighted by atomic mass is 9.96. The van der Waals surface area contributed by atoms with Gasteiger partial charge in [0.15, 0.2) is 6.61 Å². The van der Waals surface area contributed by atoms with E-state index in [1.165, 1.54) is 11.1 Å². The molecule has 0 bridgehead atoms. The molecule has 3 aromatic rings. The van der Waals surface area contributed by atoms with Gasteiger partial charge in [-0.2, -0.15) is 5.26 Å². The Morgan fingerprint density at radius 2 is 1.60 bits per heavy atom. The van der Waals surface area contributed by atoms with Crippen LogP contribution in [0.15, 0.2) is 72.8 Å². The summed E-state index contributed by atoms with van der Waals surface area (Å²) in [6, 6.07) is 24.1. The highest BCUT2D eigenvalue weighted by atomic mass is 16.5. The molecule has 1 N–H and O–H groups in total. The number of amides is 1. The third-order valence-corrected chi connectivity index (χ3v) is 4.80. The molecular weight excluding hydrogens is 376 g/mol. The number of carbonyl (C=O) groups excluding carboxylic acids is 2. The SMILES string of the molecule is Cc1ccccc1CCNC(=O)COC(=O)c1ccccc1-c1ccccc1C#N. The average Bonchev–Trinajstić information content (AvgIpc) is 2.78. The molecule has 0 aliphatic heterocycles. The molecular formula is C25H22N2O3. The molecule has 0 saturated carbocycles. The molecule has 0 heterocycles. The van der Waals surface area contributed by atoms with Gasteiger partial charge >= 0.3 is 5.97 Å². The highest BCUT2D eigenvalue weighted by molar-refractivity contribution is 5.98. The van der Waals surface area contributed by atoms with Gasteiger partial charge < -0.3 is 10.1 Å². The van der Waals surface area contributed by atoms with Gasteiger partial charge in [0, 0.05) is 12.1 Å². The Labute approximate surface area is 175 Å². The monoisotopic (exact) mass is 398 g/mol. The normalized spacial score (nSPS) is 10.1. The molecule has 30 heavy (non-hydrogen) atoms. The van der Waals surface area contributed by atoms with Gasteiger partial charge in [-0.05, 0) is 42.2 Å². The Hall–Kier alpha value is -3.91. The van der Waals surface area contributed by atoms with Gasteiger partial charge in [-0.25, -0.2) is 4.79 Å². The molecule has 0 fully saturated rings. The topological polar surface area (TPSA) is 79.2 Å². The number of esters is 1. The summed E-state index contributed by atoms with van der Waals surface area (Å²) in [4.78, 5) is 24.7. The van der Waals surface area contributed by atoms with Crippen LogP contribution in [0.2, 0.25) is 0 Å². The quantitative estimate of drug-likeness (QED) is 0.609. The van der Waals surface area contributed by atoms with Crippen LogP contribution in [0.5, 0.6) is 0 Å². The van der Waals surface area contributed by atoms with Gasteiger partial charge in [0.05, 0.1) is 17.2 Å². The van der Waals surface area contributed by atoms with Crippen molar-refractivity contribution in [1.29, 1.82) is 5.26 Å². The van der Waals surface area contributed by atoms with Gasteiger partial charge in [0.25, 0.3) is 5.91 Å². The van der Waals surface area contributed by atoms with Crippen molar-refractivity contribution in [3.05, 3.63) is 95.1 Å². The number of hydrogen-bond acceptors (Lipinski definition) is 4. The summed E-state index contributed by atoms with van der Waals surface area (Å²) in [6.07, 6.45) is 0.708. The maximum atomic E-state index is 12.6. The van der Waals surface area contributed by atoms with E-state index in [0.29, 0.717) is 35.2 Å². The number of hydrogen-bond donors (Lipinski definition) is 1. The first-order valence-electron chi connectivity index (χ1n) is 9.67. The summed E-state index contributed by atoms with van der Waals surface area (Å²) in [5, 5.41) is 12.1.